The molecule has 1 aliphatic heterocycles. The first-order valence-corrected chi connectivity index (χ1v) is 6.32. The molecule has 1 fully saturated rings. The predicted molar refractivity (Wildman–Crippen MR) is 70.8 cm³/mol. The van der Waals surface area contributed by atoms with Gasteiger partial charge in [-0.05, 0) is 18.8 Å². The minimum absolute atomic E-state index is 0.122. The normalized spacial score (nSPS) is 17.1. The Hall–Kier alpha value is 0.0348. The smallest absolute Gasteiger partial charge is 0.395 e. The van der Waals surface area contributed by atoms with E-state index in [1.165, 1.54) is 0 Å². The Morgan fingerprint density at radius 3 is 2.41 bits per heavy atom. The van der Waals surface area contributed by atoms with Crippen LogP contribution in [0.5, 0.6) is 0 Å². The Morgan fingerprint density at radius 2 is 1.88 bits per heavy atom. The molecule has 0 aromatic carbocycles. The van der Waals surface area contributed by atoms with Gasteiger partial charge in [-0.2, -0.15) is 0 Å². The van der Waals surface area contributed by atoms with E-state index in [0.717, 1.165) is 19.6 Å². The third-order valence-corrected chi connectivity index (χ3v) is 2.18. The van der Waals surface area contributed by atoms with Gasteiger partial charge in [0.2, 0.25) is 7.06 Å². The van der Waals surface area contributed by atoms with Crippen molar-refractivity contribution in [2.45, 2.75) is 34.1 Å². The van der Waals surface area contributed by atoms with Gasteiger partial charge < -0.3 is 18.6 Å². The molecule has 0 aromatic heterocycles. The Morgan fingerprint density at radius 1 is 1.24 bits per heavy atom. The molecule has 7 heteroatoms. The van der Waals surface area contributed by atoms with Gasteiger partial charge in [0.05, 0.1) is 0 Å². The van der Waals surface area contributed by atoms with Gasteiger partial charge in [-0.1, -0.05) is 20.8 Å². The van der Waals surface area contributed by atoms with Crippen LogP contribution in [0.2, 0.25) is 0 Å². The molecular formula is C10H22B3O4. The van der Waals surface area contributed by atoms with E-state index in [9.17, 15) is 0 Å². The van der Waals surface area contributed by atoms with Crippen LogP contribution in [0.15, 0.2) is 0 Å². The highest BCUT2D eigenvalue weighted by molar-refractivity contribution is 7.35. The molecule has 4 nitrogen and oxygen atoms in total. The van der Waals surface area contributed by atoms with Crippen LogP contribution < -0.4 is 0 Å². The lowest BCUT2D eigenvalue weighted by molar-refractivity contribution is 0.144. The fraction of sp³-hybridized carbons (Fsp3) is 1.00. The van der Waals surface area contributed by atoms with E-state index < -0.39 is 0 Å². The molecule has 1 aliphatic rings. The lowest BCUT2D eigenvalue weighted by atomic mass is 9.23. The molecule has 1 heterocycles. The largest absolute Gasteiger partial charge is 0.419 e. The van der Waals surface area contributed by atoms with Gasteiger partial charge in [-0.3, -0.25) is 0 Å². The number of hydrogen-bond acceptors (Lipinski definition) is 4. The fourth-order valence-corrected chi connectivity index (χ4v) is 1.40. The van der Waals surface area contributed by atoms with Crippen LogP contribution in [0.25, 0.3) is 0 Å². The summed E-state index contributed by atoms with van der Waals surface area (Å²) in [5.41, 5.74) is 0.122. The summed E-state index contributed by atoms with van der Waals surface area (Å²) < 4.78 is 22.1. The lowest BCUT2D eigenvalue weighted by Gasteiger charge is -2.25. The van der Waals surface area contributed by atoms with Crippen molar-refractivity contribution < 1.29 is 18.6 Å². The second-order valence-corrected chi connectivity index (χ2v) is 5.35. The topological polar surface area (TPSA) is 36.9 Å². The van der Waals surface area contributed by atoms with Gasteiger partial charge >= 0.3 is 14.0 Å². The maximum atomic E-state index is 5.71. The highest BCUT2D eigenvalue weighted by Gasteiger charge is 2.32. The SMILES string of the molecule is CCOB([B]B1OCCCO1)OCC(C)(C)C. The highest BCUT2D eigenvalue weighted by Crippen LogP contribution is 2.14. The molecule has 17 heavy (non-hydrogen) atoms. The fourth-order valence-electron chi connectivity index (χ4n) is 1.40. The molecule has 1 rings (SSSR count). The van der Waals surface area contributed by atoms with Crippen LogP contribution in [0.4, 0.5) is 0 Å². The van der Waals surface area contributed by atoms with Crippen molar-refractivity contribution in [2.75, 3.05) is 26.4 Å². The summed E-state index contributed by atoms with van der Waals surface area (Å²) >= 11 is 0. The van der Waals surface area contributed by atoms with Crippen molar-refractivity contribution in [2.24, 2.45) is 5.41 Å². The number of rotatable bonds is 6. The second kappa shape index (κ2) is 7.47. The van der Waals surface area contributed by atoms with Crippen LogP contribution in [0.1, 0.15) is 34.1 Å². The Bertz CT molecular complexity index is 204. The molecule has 0 unspecified atom stereocenters. The Kier molecular flexibility index (Phi) is 6.63. The monoisotopic (exact) mass is 239 g/mol. The minimum Gasteiger partial charge on any atom is -0.419 e. The van der Waals surface area contributed by atoms with Crippen LogP contribution in [-0.2, 0) is 18.6 Å². The molecule has 0 N–H and O–H groups in total. The van der Waals surface area contributed by atoms with Crippen molar-refractivity contribution in [1.82, 2.24) is 0 Å². The summed E-state index contributed by atoms with van der Waals surface area (Å²) in [7, 11) is 1.18. The molecule has 0 amide bonds. The zero-order valence-corrected chi connectivity index (χ0v) is 11.4. The van der Waals surface area contributed by atoms with E-state index in [4.69, 9.17) is 18.6 Å². The molecule has 0 atom stereocenters. The van der Waals surface area contributed by atoms with E-state index in [1.54, 1.807) is 0 Å². The summed E-state index contributed by atoms with van der Waals surface area (Å²) in [5.74, 6) is 0. The van der Waals surface area contributed by atoms with E-state index in [0.29, 0.717) is 13.2 Å². The van der Waals surface area contributed by atoms with Gasteiger partial charge in [0.15, 0.2) is 0 Å². The molecule has 0 saturated carbocycles. The quantitative estimate of drug-likeness (QED) is 0.652. The zero-order chi connectivity index (χ0) is 12.7. The van der Waals surface area contributed by atoms with Crippen molar-refractivity contribution in [1.29, 1.82) is 0 Å². The summed E-state index contributed by atoms with van der Waals surface area (Å²) in [5, 5.41) is 0. The van der Waals surface area contributed by atoms with E-state index in [1.807, 2.05) is 14.0 Å². The minimum atomic E-state index is -0.359. The molecule has 1 saturated heterocycles. The third kappa shape index (κ3) is 7.14. The second-order valence-electron chi connectivity index (χ2n) is 5.35. The maximum absolute atomic E-state index is 5.71. The van der Waals surface area contributed by atoms with Crippen molar-refractivity contribution in [3.8, 4) is 0 Å². The highest BCUT2D eigenvalue weighted by atomic mass is 16.6. The van der Waals surface area contributed by atoms with Crippen LogP contribution >= 0.6 is 0 Å². The van der Waals surface area contributed by atoms with Gasteiger partial charge in [0.25, 0.3) is 0 Å². The van der Waals surface area contributed by atoms with E-state index >= 15 is 0 Å². The van der Waals surface area contributed by atoms with Gasteiger partial charge in [-0.15, -0.1) is 0 Å². The summed E-state index contributed by atoms with van der Waals surface area (Å²) in [6.07, 6.45) is 0.951. The summed E-state index contributed by atoms with van der Waals surface area (Å²) in [6.45, 7) is 11.1. The molecule has 0 spiro atoms. The van der Waals surface area contributed by atoms with Crippen LogP contribution in [0, 0.1) is 5.41 Å². The first-order chi connectivity index (χ1) is 8.01. The van der Waals surface area contributed by atoms with Gasteiger partial charge in [0, 0.05) is 26.4 Å². The average molecular weight is 239 g/mol. The Balaban J connectivity index is 2.31. The zero-order valence-electron chi connectivity index (χ0n) is 11.4. The van der Waals surface area contributed by atoms with Crippen LogP contribution in [-0.4, -0.2) is 47.5 Å². The molecule has 0 bridgehead atoms. The number of hydrogen-bond donors (Lipinski definition) is 0. The van der Waals surface area contributed by atoms with Gasteiger partial charge in [-0.25, -0.2) is 0 Å². The first kappa shape index (κ1) is 15.1. The maximum Gasteiger partial charge on any atom is 0.395 e. The van der Waals surface area contributed by atoms with Crippen molar-refractivity contribution in [3.63, 3.8) is 0 Å². The molecular weight excluding hydrogens is 217 g/mol. The molecule has 95 valence electrons. The van der Waals surface area contributed by atoms with E-state index in [-0.39, 0.29) is 19.4 Å². The van der Waals surface area contributed by atoms with E-state index in [2.05, 4.69) is 20.8 Å². The average Bonchev–Trinajstić information content (AvgIpc) is 2.27. The Labute approximate surface area is 106 Å². The lowest BCUT2D eigenvalue weighted by Crippen LogP contribution is -2.47. The molecule has 0 aliphatic carbocycles. The molecule has 1 radical (unpaired) electrons. The standard InChI is InChI=1S/C10H22B3O4/c1-5-14-12(17-9-10(2,3)4)11-13-15-7-6-8-16-13/h5-9H2,1-4H3. The third-order valence-electron chi connectivity index (χ3n) is 2.18. The predicted octanol–water partition coefficient (Wildman–Crippen LogP) is 1.20. The van der Waals surface area contributed by atoms with Crippen LogP contribution in [0.3, 0.4) is 0 Å². The summed E-state index contributed by atoms with van der Waals surface area (Å²) in [4.78, 5) is 0. The molecule has 0 aromatic rings. The van der Waals surface area contributed by atoms with Crippen molar-refractivity contribution in [3.05, 3.63) is 0 Å². The summed E-state index contributed by atoms with van der Waals surface area (Å²) in [6, 6.07) is 0. The first-order valence-electron chi connectivity index (χ1n) is 6.32. The van der Waals surface area contributed by atoms with Crippen molar-refractivity contribution >= 4 is 21.1 Å². The van der Waals surface area contributed by atoms with Gasteiger partial charge in [0.1, 0.15) is 0 Å².